The van der Waals surface area contributed by atoms with Crippen LogP contribution in [0.3, 0.4) is 0 Å². The molecule has 0 fully saturated rings. The summed E-state index contributed by atoms with van der Waals surface area (Å²) in [6.07, 6.45) is 0.963. The average molecular weight is 526 g/mol. The monoisotopic (exact) mass is 525 g/mol. The number of aromatic nitrogens is 2. The van der Waals surface area contributed by atoms with E-state index in [1.165, 1.54) is 57.7 Å². The van der Waals surface area contributed by atoms with Crippen molar-refractivity contribution in [1.29, 1.82) is 0 Å². The van der Waals surface area contributed by atoms with Gasteiger partial charge in [-0.3, -0.25) is 9.59 Å². The zero-order valence-electron chi connectivity index (χ0n) is 18.2. The number of carbonyl (C=O) groups excluding carboxylic acids is 1. The molecule has 180 valence electrons. The minimum absolute atomic E-state index is 0.0764. The number of H-pyrrole nitrogens is 1. The van der Waals surface area contributed by atoms with Crippen molar-refractivity contribution in [3.8, 4) is 17.2 Å². The molecule has 10 nitrogen and oxygen atoms in total. The molecule has 0 atom stereocenters. The van der Waals surface area contributed by atoms with Crippen molar-refractivity contribution in [2.75, 3.05) is 32.4 Å². The largest absolute Gasteiger partial charge is 0.497 e. The van der Waals surface area contributed by atoms with E-state index in [2.05, 4.69) is 15.3 Å². The highest BCUT2D eigenvalue weighted by Gasteiger charge is 2.22. The average Bonchev–Trinajstić information content (AvgIpc) is 2.83. The molecule has 0 unspecified atom stereocenters. The lowest BCUT2D eigenvalue weighted by molar-refractivity contribution is -0.113. The van der Waals surface area contributed by atoms with Gasteiger partial charge >= 0.3 is 0 Å². The predicted molar refractivity (Wildman–Crippen MR) is 127 cm³/mol. The van der Waals surface area contributed by atoms with Gasteiger partial charge in [0.25, 0.3) is 5.56 Å². The van der Waals surface area contributed by atoms with Gasteiger partial charge in [0, 0.05) is 6.07 Å². The van der Waals surface area contributed by atoms with Gasteiger partial charge < -0.3 is 24.5 Å². The number of sulfone groups is 1. The fourth-order valence-electron chi connectivity index (χ4n) is 2.79. The van der Waals surface area contributed by atoms with E-state index < -0.39 is 26.2 Å². The summed E-state index contributed by atoms with van der Waals surface area (Å²) in [7, 11) is 0.257. The number of hydrogen-bond donors (Lipinski definition) is 2. The van der Waals surface area contributed by atoms with Crippen LogP contribution in [-0.2, 0) is 14.6 Å². The molecule has 1 amide bonds. The lowest BCUT2D eigenvalue weighted by Gasteiger charge is -2.13. The number of rotatable bonds is 9. The Kier molecular flexibility index (Phi) is 8.07. The molecule has 2 N–H and O–H groups in total. The summed E-state index contributed by atoms with van der Waals surface area (Å²) < 4.78 is 40.9. The molecule has 0 aliphatic rings. The molecule has 13 heteroatoms. The van der Waals surface area contributed by atoms with E-state index >= 15 is 0 Å². The van der Waals surface area contributed by atoms with Gasteiger partial charge in [-0.05, 0) is 30.3 Å². The summed E-state index contributed by atoms with van der Waals surface area (Å²) in [5, 5.41) is 3.01. The van der Waals surface area contributed by atoms with Crippen molar-refractivity contribution < 1.29 is 27.4 Å². The summed E-state index contributed by atoms with van der Waals surface area (Å²) >= 11 is 7.02. The van der Waals surface area contributed by atoms with Crippen molar-refractivity contribution in [1.82, 2.24) is 9.97 Å². The minimum atomic E-state index is -4.09. The minimum Gasteiger partial charge on any atom is -0.497 e. The molecule has 3 aromatic rings. The molecular formula is C21H20ClN3O7S2. The highest BCUT2D eigenvalue weighted by atomic mass is 35.5. The maximum atomic E-state index is 12.8. The highest BCUT2D eigenvalue weighted by molar-refractivity contribution is 7.99. The third kappa shape index (κ3) is 5.64. The van der Waals surface area contributed by atoms with Gasteiger partial charge in [-0.2, -0.15) is 0 Å². The number of carbonyl (C=O) groups is 1. The summed E-state index contributed by atoms with van der Waals surface area (Å²) in [6, 6.07) is 8.64. The second-order valence-electron chi connectivity index (χ2n) is 6.58. The van der Waals surface area contributed by atoms with Gasteiger partial charge in [0.05, 0.1) is 48.9 Å². The van der Waals surface area contributed by atoms with Crippen LogP contribution in [0.4, 0.5) is 5.69 Å². The Morgan fingerprint density at radius 2 is 1.76 bits per heavy atom. The Labute approximate surface area is 204 Å². The van der Waals surface area contributed by atoms with Crippen LogP contribution in [0, 0.1) is 0 Å². The Hall–Kier alpha value is -3.22. The van der Waals surface area contributed by atoms with Crippen LogP contribution >= 0.6 is 23.4 Å². The number of hydrogen-bond acceptors (Lipinski definition) is 9. The van der Waals surface area contributed by atoms with E-state index in [-0.39, 0.29) is 20.8 Å². The first kappa shape index (κ1) is 25.4. The van der Waals surface area contributed by atoms with E-state index in [4.69, 9.17) is 25.8 Å². The SMILES string of the molecule is COc1ccc(S(=O)(=O)c2cnc(SCC(=O)Nc3cc(Cl)c(OC)cc3OC)[nH]c2=O)cc1. The van der Waals surface area contributed by atoms with Crippen LogP contribution in [0.15, 0.2) is 62.3 Å². The lowest BCUT2D eigenvalue weighted by atomic mass is 10.2. The number of anilines is 1. The normalized spacial score (nSPS) is 11.1. The van der Waals surface area contributed by atoms with E-state index in [0.29, 0.717) is 22.9 Å². The van der Waals surface area contributed by atoms with E-state index in [1.807, 2.05) is 0 Å². The molecule has 0 radical (unpaired) electrons. The van der Waals surface area contributed by atoms with Crippen LogP contribution in [0.5, 0.6) is 17.2 Å². The Morgan fingerprint density at radius 3 is 2.35 bits per heavy atom. The molecule has 34 heavy (non-hydrogen) atoms. The summed E-state index contributed by atoms with van der Waals surface area (Å²) in [4.78, 5) is 30.6. The Bertz CT molecular complexity index is 1360. The molecule has 0 saturated heterocycles. The standard InChI is InChI=1S/C21H20ClN3O7S2/c1-30-12-4-6-13(7-5-12)34(28,29)18-10-23-21(25-20(18)27)33-11-19(26)24-15-8-14(22)16(31-2)9-17(15)32-3/h4-10H,11H2,1-3H3,(H,24,26)(H,23,25,27). The summed E-state index contributed by atoms with van der Waals surface area (Å²) in [5.41, 5.74) is -0.515. The second kappa shape index (κ2) is 10.8. The van der Waals surface area contributed by atoms with Gasteiger partial charge in [-0.15, -0.1) is 0 Å². The number of nitrogens with zero attached hydrogens (tertiary/aromatic N) is 1. The zero-order chi connectivity index (χ0) is 24.9. The molecule has 1 heterocycles. The summed E-state index contributed by atoms with van der Waals surface area (Å²) in [6.45, 7) is 0. The number of methoxy groups -OCH3 is 3. The molecule has 1 aromatic heterocycles. The maximum Gasteiger partial charge on any atom is 0.270 e. The molecule has 3 rings (SSSR count). The second-order valence-corrected chi connectivity index (χ2v) is 9.87. The first-order valence-electron chi connectivity index (χ1n) is 9.52. The molecule has 0 aliphatic heterocycles. The number of amides is 1. The highest BCUT2D eigenvalue weighted by Crippen LogP contribution is 2.36. The Morgan fingerprint density at radius 1 is 1.09 bits per heavy atom. The number of ether oxygens (including phenoxy) is 3. The van der Waals surface area contributed by atoms with Crippen molar-refractivity contribution in [2.45, 2.75) is 14.9 Å². The number of benzene rings is 2. The first-order chi connectivity index (χ1) is 16.2. The van der Waals surface area contributed by atoms with Gasteiger partial charge in [0.15, 0.2) is 10.1 Å². The molecule has 0 spiro atoms. The number of aromatic amines is 1. The smallest absolute Gasteiger partial charge is 0.270 e. The first-order valence-corrected chi connectivity index (χ1v) is 12.4. The van der Waals surface area contributed by atoms with E-state index in [1.54, 1.807) is 0 Å². The number of halogens is 1. The maximum absolute atomic E-state index is 12.8. The van der Waals surface area contributed by atoms with Gasteiger partial charge in [0.1, 0.15) is 17.2 Å². The van der Waals surface area contributed by atoms with Crippen LogP contribution in [-0.4, -0.2) is 51.4 Å². The molecule has 0 saturated carbocycles. The third-order valence-electron chi connectivity index (χ3n) is 4.49. The lowest BCUT2D eigenvalue weighted by Crippen LogP contribution is -2.20. The number of nitrogens with one attached hydrogen (secondary N) is 2. The molecular weight excluding hydrogens is 506 g/mol. The quantitative estimate of drug-likeness (QED) is 0.319. The third-order valence-corrected chi connectivity index (χ3v) is 7.44. The van der Waals surface area contributed by atoms with E-state index in [0.717, 1.165) is 18.0 Å². The zero-order valence-corrected chi connectivity index (χ0v) is 20.6. The van der Waals surface area contributed by atoms with Gasteiger partial charge in [0.2, 0.25) is 15.7 Å². The topological polar surface area (TPSA) is 137 Å². The van der Waals surface area contributed by atoms with Gasteiger partial charge in [-0.25, -0.2) is 13.4 Å². The van der Waals surface area contributed by atoms with Crippen LogP contribution in [0.2, 0.25) is 5.02 Å². The van der Waals surface area contributed by atoms with Crippen LogP contribution in [0.1, 0.15) is 0 Å². The van der Waals surface area contributed by atoms with Crippen molar-refractivity contribution in [3.63, 3.8) is 0 Å². The van der Waals surface area contributed by atoms with Gasteiger partial charge in [-0.1, -0.05) is 23.4 Å². The van der Waals surface area contributed by atoms with Crippen molar-refractivity contribution in [3.05, 3.63) is 58.0 Å². The fraction of sp³-hybridized carbons (Fsp3) is 0.190. The number of thioether (sulfide) groups is 1. The molecule has 0 bridgehead atoms. The Balaban J connectivity index is 1.71. The fourth-order valence-corrected chi connectivity index (χ4v) is 4.90. The van der Waals surface area contributed by atoms with Crippen LogP contribution < -0.4 is 25.1 Å². The molecule has 0 aliphatic carbocycles. The van der Waals surface area contributed by atoms with Crippen LogP contribution in [0.25, 0.3) is 0 Å². The van der Waals surface area contributed by atoms with E-state index in [9.17, 15) is 18.0 Å². The van der Waals surface area contributed by atoms with Crippen molar-refractivity contribution >= 4 is 44.8 Å². The van der Waals surface area contributed by atoms with Crippen molar-refractivity contribution in [2.24, 2.45) is 0 Å². The molecule has 2 aromatic carbocycles. The summed E-state index contributed by atoms with van der Waals surface area (Å²) in [5.74, 6) is 0.657. The predicted octanol–water partition coefficient (Wildman–Crippen LogP) is 3.01.